The Bertz CT molecular complexity index is 540. The van der Waals surface area contributed by atoms with E-state index in [4.69, 9.17) is 9.47 Å². The van der Waals surface area contributed by atoms with E-state index < -0.39 is 0 Å². The van der Waals surface area contributed by atoms with Crippen LogP contribution in [-0.2, 0) is 9.47 Å². The van der Waals surface area contributed by atoms with Crippen LogP contribution in [-0.4, -0.2) is 47.9 Å². The summed E-state index contributed by atoms with van der Waals surface area (Å²) in [5.74, 6) is 2.25. The lowest BCUT2D eigenvalue weighted by Crippen LogP contribution is -2.06. The molecule has 0 aliphatic heterocycles. The van der Waals surface area contributed by atoms with Gasteiger partial charge in [-0.15, -0.1) is 0 Å². The smallest absolute Gasteiger partial charge is 0.106 e. The second-order valence-corrected chi connectivity index (χ2v) is 10.7. The van der Waals surface area contributed by atoms with Crippen LogP contribution < -0.4 is 0 Å². The molecule has 2 aromatic rings. The molecule has 2 rings (SSSR count). The molecular formula is C20H28N2O2S4. The molecule has 0 spiro atoms. The van der Waals surface area contributed by atoms with Gasteiger partial charge in [0.1, 0.15) is 10.1 Å². The van der Waals surface area contributed by atoms with Crippen LogP contribution >= 0.6 is 43.2 Å². The Kier molecular flexibility index (Phi) is 14.9. The molecule has 2 aromatic heterocycles. The number of ether oxygens (including phenoxy) is 2. The zero-order chi connectivity index (χ0) is 19.5. The Balaban J connectivity index is 1.25. The van der Waals surface area contributed by atoms with Crippen LogP contribution in [0.1, 0.15) is 25.7 Å². The van der Waals surface area contributed by atoms with Gasteiger partial charge in [-0.05, 0) is 71.5 Å². The van der Waals surface area contributed by atoms with Crippen molar-refractivity contribution in [3.8, 4) is 0 Å². The highest BCUT2D eigenvalue weighted by atomic mass is 33.1. The first-order valence-corrected chi connectivity index (χ1v) is 14.2. The van der Waals surface area contributed by atoms with Crippen LogP contribution in [0, 0.1) is 0 Å². The lowest BCUT2D eigenvalue weighted by atomic mass is 10.3. The van der Waals surface area contributed by atoms with Gasteiger partial charge < -0.3 is 9.47 Å². The Morgan fingerprint density at radius 1 is 0.607 bits per heavy atom. The predicted octanol–water partition coefficient (Wildman–Crippen LogP) is 6.25. The van der Waals surface area contributed by atoms with Crippen LogP contribution in [0.2, 0.25) is 0 Å². The van der Waals surface area contributed by atoms with E-state index in [0.717, 1.165) is 47.6 Å². The molecule has 0 radical (unpaired) electrons. The average Bonchev–Trinajstić information content (AvgIpc) is 2.75. The minimum atomic E-state index is 0.695. The van der Waals surface area contributed by atoms with Crippen molar-refractivity contribution in [1.82, 2.24) is 9.97 Å². The normalized spacial score (nSPS) is 11.0. The molecule has 0 amide bonds. The minimum Gasteiger partial charge on any atom is -0.379 e. The van der Waals surface area contributed by atoms with Gasteiger partial charge in [0.15, 0.2) is 0 Å². The maximum atomic E-state index is 5.62. The van der Waals surface area contributed by atoms with Crippen LogP contribution in [0.15, 0.2) is 58.8 Å². The lowest BCUT2D eigenvalue weighted by Gasteiger charge is -2.06. The van der Waals surface area contributed by atoms with E-state index in [0.29, 0.717) is 13.2 Å². The van der Waals surface area contributed by atoms with Crippen molar-refractivity contribution in [1.29, 1.82) is 0 Å². The summed E-state index contributed by atoms with van der Waals surface area (Å²) in [6.07, 6.45) is 8.20. The number of aromatic nitrogens is 2. The lowest BCUT2D eigenvalue weighted by molar-refractivity contribution is 0.0459. The maximum absolute atomic E-state index is 5.62. The summed E-state index contributed by atoms with van der Waals surface area (Å²) in [6.45, 7) is 3.03. The van der Waals surface area contributed by atoms with Crippen LogP contribution in [0.25, 0.3) is 0 Å². The monoisotopic (exact) mass is 456 g/mol. The van der Waals surface area contributed by atoms with Gasteiger partial charge in [-0.25, -0.2) is 9.97 Å². The van der Waals surface area contributed by atoms with Gasteiger partial charge in [0.2, 0.25) is 0 Å². The van der Waals surface area contributed by atoms with Gasteiger partial charge in [0.25, 0.3) is 0 Å². The molecule has 0 N–H and O–H groups in total. The average molecular weight is 457 g/mol. The van der Waals surface area contributed by atoms with Crippen molar-refractivity contribution in [2.24, 2.45) is 0 Å². The number of rotatable bonds is 17. The molecule has 0 aromatic carbocycles. The molecule has 28 heavy (non-hydrogen) atoms. The Labute approximate surface area is 184 Å². The number of pyridine rings is 2. The second-order valence-electron chi connectivity index (χ2n) is 5.79. The molecular weight excluding hydrogens is 429 g/mol. The summed E-state index contributed by atoms with van der Waals surface area (Å²) in [4.78, 5) is 8.59. The number of nitrogens with zero attached hydrogens (tertiary/aromatic N) is 2. The van der Waals surface area contributed by atoms with E-state index in [1.165, 1.54) is 12.8 Å². The third kappa shape index (κ3) is 13.0. The quantitative estimate of drug-likeness (QED) is 0.204. The van der Waals surface area contributed by atoms with Crippen molar-refractivity contribution in [2.45, 2.75) is 35.7 Å². The van der Waals surface area contributed by atoms with Crippen molar-refractivity contribution in [3.05, 3.63) is 48.8 Å². The third-order valence-electron chi connectivity index (χ3n) is 3.47. The molecule has 0 fully saturated rings. The van der Waals surface area contributed by atoms with Crippen molar-refractivity contribution >= 4 is 43.2 Å². The van der Waals surface area contributed by atoms with E-state index in [2.05, 4.69) is 9.97 Å². The van der Waals surface area contributed by atoms with E-state index >= 15 is 0 Å². The molecule has 0 bridgehead atoms. The SMILES string of the molecule is c1ccc(SSCCCCOCCOCCCCSSc2ccccn2)nc1. The summed E-state index contributed by atoms with van der Waals surface area (Å²) >= 11 is 0. The number of unbranched alkanes of at least 4 members (excludes halogenated alkanes) is 2. The fraction of sp³-hybridized carbons (Fsp3) is 0.500. The number of hydrogen-bond donors (Lipinski definition) is 0. The molecule has 0 atom stereocenters. The van der Waals surface area contributed by atoms with Gasteiger partial charge in [0, 0.05) is 37.1 Å². The second kappa shape index (κ2) is 17.5. The molecule has 2 heterocycles. The predicted molar refractivity (Wildman–Crippen MR) is 125 cm³/mol. The zero-order valence-electron chi connectivity index (χ0n) is 16.0. The summed E-state index contributed by atoms with van der Waals surface area (Å²) in [7, 11) is 7.19. The first-order chi connectivity index (χ1) is 13.9. The van der Waals surface area contributed by atoms with Gasteiger partial charge in [-0.3, -0.25) is 0 Å². The Hall–Kier alpha value is -0.380. The summed E-state index contributed by atoms with van der Waals surface area (Å²) in [5, 5.41) is 2.15. The molecule has 8 heteroatoms. The fourth-order valence-electron chi connectivity index (χ4n) is 2.05. The maximum Gasteiger partial charge on any atom is 0.106 e. The highest BCUT2D eigenvalue weighted by Crippen LogP contribution is 2.30. The first kappa shape index (κ1) is 23.9. The molecule has 0 aliphatic carbocycles. The molecule has 0 saturated carbocycles. The molecule has 4 nitrogen and oxygen atoms in total. The molecule has 154 valence electrons. The summed E-state index contributed by atoms with van der Waals surface area (Å²) < 4.78 is 11.2. The topological polar surface area (TPSA) is 44.2 Å². The van der Waals surface area contributed by atoms with E-state index in [1.807, 2.05) is 70.4 Å². The van der Waals surface area contributed by atoms with Crippen LogP contribution in [0.5, 0.6) is 0 Å². The van der Waals surface area contributed by atoms with E-state index in [1.54, 1.807) is 21.6 Å². The van der Waals surface area contributed by atoms with E-state index in [-0.39, 0.29) is 0 Å². The molecule has 0 unspecified atom stereocenters. The molecule has 0 saturated heterocycles. The highest BCUT2D eigenvalue weighted by molar-refractivity contribution is 8.77. The third-order valence-corrected chi connectivity index (χ3v) is 8.17. The first-order valence-electron chi connectivity index (χ1n) is 9.51. The fourth-order valence-corrected chi connectivity index (χ4v) is 6.10. The van der Waals surface area contributed by atoms with Crippen molar-refractivity contribution in [3.63, 3.8) is 0 Å². The largest absolute Gasteiger partial charge is 0.379 e. The van der Waals surface area contributed by atoms with Gasteiger partial charge in [-0.1, -0.05) is 33.7 Å². The van der Waals surface area contributed by atoms with Crippen LogP contribution in [0.3, 0.4) is 0 Å². The molecule has 0 aliphatic rings. The summed E-state index contributed by atoms with van der Waals surface area (Å²) in [5.41, 5.74) is 0. The van der Waals surface area contributed by atoms with Gasteiger partial charge in [-0.2, -0.15) is 0 Å². The van der Waals surface area contributed by atoms with Crippen LogP contribution in [0.4, 0.5) is 0 Å². The van der Waals surface area contributed by atoms with E-state index in [9.17, 15) is 0 Å². The number of hydrogen-bond acceptors (Lipinski definition) is 8. The highest BCUT2D eigenvalue weighted by Gasteiger charge is 1.97. The minimum absolute atomic E-state index is 0.695. The summed E-state index contributed by atoms with van der Waals surface area (Å²) in [6, 6.07) is 12.0. The Morgan fingerprint density at radius 2 is 1.11 bits per heavy atom. The zero-order valence-corrected chi connectivity index (χ0v) is 19.3. The Morgan fingerprint density at radius 3 is 1.54 bits per heavy atom. The standard InChI is InChI=1S/C20H28N2O2S4/c1-3-11-21-19(9-1)27-25-17-7-5-13-23-15-16-24-14-6-8-18-26-28-20-10-2-4-12-22-20/h1-4,9-12H,5-8,13-18H2. The van der Waals surface area contributed by atoms with Gasteiger partial charge in [0.05, 0.1) is 13.2 Å². The van der Waals surface area contributed by atoms with Gasteiger partial charge >= 0.3 is 0 Å². The van der Waals surface area contributed by atoms with Crippen molar-refractivity contribution in [2.75, 3.05) is 37.9 Å². The van der Waals surface area contributed by atoms with Crippen molar-refractivity contribution < 1.29 is 9.47 Å².